The van der Waals surface area contributed by atoms with E-state index in [0.717, 1.165) is 0 Å². The lowest BCUT2D eigenvalue weighted by Crippen LogP contribution is -1.95. The van der Waals surface area contributed by atoms with Gasteiger partial charge in [-0.1, -0.05) is 29.4 Å². The molecule has 6 heteroatoms. The second-order valence-electron chi connectivity index (χ2n) is 4.65. The van der Waals surface area contributed by atoms with Crippen LogP contribution in [0.5, 0.6) is 0 Å². The van der Waals surface area contributed by atoms with Crippen molar-refractivity contribution in [1.29, 1.82) is 0 Å². The number of rotatable bonds is 4. The van der Waals surface area contributed by atoms with Crippen molar-refractivity contribution in [2.75, 3.05) is 5.32 Å². The standard InChI is InChI=1S/C16H12FN3O2/c1-10(21)11-5-4-6-12(9-11)18-16-20-19-15(22-16)13-7-2-3-8-14(13)17/h2-9H,1H3,(H,18,20). The molecule has 0 aliphatic heterocycles. The average Bonchev–Trinajstić information content (AvgIpc) is 2.96. The first-order valence-electron chi connectivity index (χ1n) is 6.60. The predicted molar refractivity (Wildman–Crippen MR) is 79.4 cm³/mol. The minimum absolute atomic E-state index is 0.0405. The normalized spacial score (nSPS) is 10.5. The van der Waals surface area contributed by atoms with Gasteiger partial charge in [-0.2, -0.15) is 0 Å². The number of carbonyl (C=O) groups excluding carboxylic acids is 1. The van der Waals surface area contributed by atoms with Gasteiger partial charge < -0.3 is 9.73 Å². The molecule has 0 aliphatic rings. The van der Waals surface area contributed by atoms with Crippen LogP contribution in [0.1, 0.15) is 17.3 Å². The second-order valence-corrected chi connectivity index (χ2v) is 4.65. The second kappa shape index (κ2) is 5.77. The number of carbonyl (C=O) groups is 1. The molecule has 0 saturated heterocycles. The van der Waals surface area contributed by atoms with E-state index in [0.29, 0.717) is 11.3 Å². The number of nitrogens with zero attached hydrogens (tertiary/aromatic N) is 2. The van der Waals surface area contributed by atoms with Gasteiger partial charge in [0.25, 0.3) is 5.89 Å². The van der Waals surface area contributed by atoms with Gasteiger partial charge in [0.15, 0.2) is 5.78 Å². The van der Waals surface area contributed by atoms with E-state index < -0.39 is 5.82 Å². The largest absolute Gasteiger partial charge is 0.403 e. The van der Waals surface area contributed by atoms with Crippen molar-refractivity contribution in [3.05, 3.63) is 59.9 Å². The zero-order chi connectivity index (χ0) is 15.5. The lowest BCUT2D eigenvalue weighted by molar-refractivity contribution is 0.101. The summed E-state index contributed by atoms with van der Waals surface area (Å²) in [5.74, 6) is -0.388. The highest BCUT2D eigenvalue weighted by atomic mass is 19.1. The Balaban J connectivity index is 1.85. The molecule has 0 amide bonds. The zero-order valence-corrected chi connectivity index (χ0v) is 11.7. The zero-order valence-electron chi connectivity index (χ0n) is 11.7. The number of hydrogen-bond donors (Lipinski definition) is 1. The Labute approximate surface area is 125 Å². The molecule has 0 atom stereocenters. The summed E-state index contributed by atoms with van der Waals surface area (Å²) in [6.45, 7) is 1.49. The first-order valence-corrected chi connectivity index (χ1v) is 6.60. The van der Waals surface area contributed by atoms with Gasteiger partial charge in [0.2, 0.25) is 0 Å². The van der Waals surface area contributed by atoms with Crippen LogP contribution in [0.2, 0.25) is 0 Å². The van der Waals surface area contributed by atoms with E-state index >= 15 is 0 Å². The molecule has 110 valence electrons. The summed E-state index contributed by atoms with van der Waals surface area (Å²) < 4.78 is 19.1. The van der Waals surface area contributed by atoms with Crippen molar-refractivity contribution in [1.82, 2.24) is 10.2 Å². The highest BCUT2D eigenvalue weighted by Gasteiger charge is 2.12. The van der Waals surface area contributed by atoms with Gasteiger partial charge in [0, 0.05) is 11.3 Å². The lowest BCUT2D eigenvalue weighted by atomic mass is 10.1. The molecule has 0 aliphatic carbocycles. The molecule has 1 heterocycles. The van der Waals surface area contributed by atoms with Gasteiger partial charge in [-0.3, -0.25) is 4.79 Å². The fraction of sp³-hybridized carbons (Fsp3) is 0.0625. The van der Waals surface area contributed by atoms with Crippen LogP contribution in [-0.4, -0.2) is 16.0 Å². The van der Waals surface area contributed by atoms with E-state index in [-0.39, 0.29) is 23.3 Å². The molecule has 0 unspecified atom stereocenters. The fourth-order valence-electron chi connectivity index (χ4n) is 1.96. The summed E-state index contributed by atoms with van der Waals surface area (Å²) in [5, 5.41) is 10.5. The number of aromatic nitrogens is 2. The number of halogens is 1. The Morgan fingerprint density at radius 3 is 2.73 bits per heavy atom. The van der Waals surface area contributed by atoms with Crippen LogP contribution in [0.4, 0.5) is 16.1 Å². The number of ketones is 1. The number of anilines is 2. The Morgan fingerprint density at radius 2 is 1.95 bits per heavy atom. The van der Waals surface area contributed by atoms with Crippen LogP contribution in [0.15, 0.2) is 52.9 Å². The van der Waals surface area contributed by atoms with Crippen molar-refractivity contribution >= 4 is 17.5 Å². The van der Waals surface area contributed by atoms with Crippen molar-refractivity contribution in [3.63, 3.8) is 0 Å². The van der Waals surface area contributed by atoms with E-state index in [1.54, 1.807) is 42.5 Å². The maximum absolute atomic E-state index is 13.7. The van der Waals surface area contributed by atoms with Crippen LogP contribution < -0.4 is 5.32 Å². The van der Waals surface area contributed by atoms with Gasteiger partial charge in [-0.05, 0) is 31.2 Å². The maximum Gasteiger partial charge on any atom is 0.320 e. The monoisotopic (exact) mass is 297 g/mol. The Bertz CT molecular complexity index is 830. The van der Waals surface area contributed by atoms with Gasteiger partial charge in [0.05, 0.1) is 5.56 Å². The highest BCUT2D eigenvalue weighted by Crippen LogP contribution is 2.24. The van der Waals surface area contributed by atoms with E-state index in [1.807, 2.05) is 0 Å². The summed E-state index contributed by atoms with van der Waals surface area (Å²) in [6, 6.07) is 13.2. The van der Waals surface area contributed by atoms with Gasteiger partial charge in [-0.25, -0.2) is 4.39 Å². The Kier molecular flexibility index (Phi) is 3.65. The maximum atomic E-state index is 13.7. The molecule has 22 heavy (non-hydrogen) atoms. The number of nitrogens with one attached hydrogen (secondary N) is 1. The third kappa shape index (κ3) is 2.85. The van der Waals surface area contributed by atoms with Crippen LogP contribution in [0.25, 0.3) is 11.5 Å². The molecule has 1 N–H and O–H groups in total. The minimum Gasteiger partial charge on any atom is -0.403 e. The summed E-state index contributed by atoms with van der Waals surface area (Å²) in [5.41, 5.74) is 1.44. The number of benzene rings is 2. The Morgan fingerprint density at radius 1 is 1.14 bits per heavy atom. The number of Topliss-reactive ketones (excluding diaryl/α,β-unsaturated/α-hetero) is 1. The molecule has 1 aromatic heterocycles. The van der Waals surface area contributed by atoms with E-state index in [2.05, 4.69) is 15.5 Å². The molecule has 3 rings (SSSR count). The number of hydrogen-bond acceptors (Lipinski definition) is 5. The van der Waals surface area contributed by atoms with Crippen molar-refractivity contribution in [3.8, 4) is 11.5 Å². The van der Waals surface area contributed by atoms with Crippen molar-refractivity contribution in [2.45, 2.75) is 6.92 Å². The molecule has 0 fully saturated rings. The van der Waals surface area contributed by atoms with Crippen molar-refractivity contribution < 1.29 is 13.6 Å². The van der Waals surface area contributed by atoms with E-state index in [9.17, 15) is 9.18 Å². The fourth-order valence-corrected chi connectivity index (χ4v) is 1.96. The molecule has 0 saturated carbocycles. The molecular weight excluding hydrogens is 285 g/mol. The third-order valence-corrected chi connectivity index (χ3v) is 3.05. The quantitative estimate of drug-likeness (QED) is 0.741. The first-order chi connectivity index (χ1) is 10.6. The van der Waals surface area contributed by atoms with E-state index in [4.69, 9.17) is 4.42 Å². The average molecular weight is 297 g/mol. The first kappa shape index (κ1) is 13.9. The molecule has 0 radical (unpaired) electrons. The van der Waals surface area contributed by atoms with Crippen LogP contribution in [0.3, 0.4) is 0 Å². The SMILES string of the molecule is CC(=O)c1cccc(Nc2nnc(-c3ccccc3F)o2)c1. The predicted octanol–water partition coefficient (Wildman–Crippen LogP) is 3.82. The Hall–Kier alpha value is -3.02. The smallest absolute Gasteiger partial charge is 0.320 e. The molecule has 5 nitrogen and oxygen atoms in total. The highest BCUT2D eigenvalue weighted by molar-refractivity contribution is 5.95. The van der Waals surface area contributed by atoms with Crippen LogP contribution in [-0.2, 0) is 0 Å². The van der Waals surface area contributed by atoms with Crippen LogP contribution in [0, 0.1) is 5.82 Å². The summed E-state index contributed by atoms with van der Waals surface area (Å²) in [6.07, 6.45) is 0. The summed E-state index contributed by atoms with van der Waals surface area (Å²) >= 11 is 0. The third-order valence-electron chi connectivity index (χ3n) is 3.05. The van der Waals surface area contributed by atoms with Crippen LogP contribution >= 0.6 is 0 Å². The van der Waals surface area contributed by atoms with Crippen molar-refractivity contribution in [2.24, 2.45) is 0 Å². The minimum atomic E-state index is -0.434. The molecule has 0 spiro atoms. The topological polar surface area (TPSA) is 68.0 Å². The van der Waals surface area contributed by atoms with Gasteiger partial charge >= 0.3 is 6.01 Å². The molecule has 0 bridgehead atoms. The molecule has 3 aromatic rings. The molecule has 2 aromatic carbocycles. The molecular formula is C16H12FN3O2. The van der Waals surface area contributed by atoms with Gasteiger partial charge in [0.1, 0.15) is 5.82 Å². The summed E-state index contributed by atoms with van der Waals surface area (Å²) in [7, 11) is 0. The lowest BCUT2D eigenvalue weighted by Gasteiger charge is -2.02. The van der Waals surface area contributed by atoms with Gasteiger partial charge in [-0.15, -0.1) is 5.10 Å². The van der Waals surface area contributed by atoms with E-state index in [1.165, 1.54) is 13.0 Å². The summed E-state index contributed by atoms with van der Waals surface area (Å²) in [4.78, 5) is 11.4.